The third kappa shape index (κ3) is 4.78. The second kappa shape index (κ2) is 8.55. The van der Waals surface area contributed by atoms with Gasteiger partial charge in [0.05, 0.1) is 10.8 Å². The molecular formula is C30H38O4. The fourth-order valence-corrected chi connectivity index (χ4v) is 5.78. The highest BCUT2D eigenvalue weighted by atomic mass is 16.6. The van der Waals surface area contributed by atoms with Crippen LogP contribution in [0.3, 0.4) is 0 Å². The second-order valence-electron chi connectivity index (χ2n) is 11.9. The van der Waals surface area contributed by atoms with Gasteiger partial charge in [-0.3, -0.25) is 9.59 Å². The van der Waals surface area contributed by atoms with Crippen molar-refractivity contribution < 1.29 is 19.1 Å². The number of carbonyl (C=O) groups is 2. The van der Waals surface area contributed by atoms with Crippen LogP contribution in [0.2, 0.25) is 0 Å². The highest BCUT2D eigenvalue weighted by Crippen LogP contribution is 2.43. The van der Waals surface area contributed by atoms with Crippen LogP contribution in [0.15, 0.2) is 48.5 Å². The number of fused-ring (bicyclic) bond motifs is 2. The molecule has 34 heavy (non-hydrogen) atoms. The Morgan fingerprint density at radius 1 is 0.735 bits per heavy atom. The van der Waals surface area contributed by atoms with Gasteiger partial charge in [0.2, 0.25) is 0 Å². The lowest BCUT2D eigenvalue weighted by Gasteiger charge is -2.38. The van der Waals surface area contributed by atoms with Gasteiger partial charge in [0, 0.05) is 25.7 Å². The van der Waals surface area contributed by atoms with E-state index in [9.17, 15) is 9.59 Å². The molecule has 0 radical (unpaired) electrons. The third-order valence-electron chi connectivity index (χ3n) is 7.83. The molecule has 0 heterocycles. The molecule has 0 aromatic heterocycles. The maximum atomic E-state index is 13.5. The van der Waals surface area contributed by atoms with Gasteiger partial charge in [-0.1, -0.05) is 55.5 Å². The molecule has 1 atom stereocenters. The quantitative estimate of drug-likeness (QED) is 0.472. The van der Waals surface area contributed by atoms with Crippen molar-refractivity contribution in [2.75, 3.05) is 0 Å². The van der Waals surface area contributed by atoms with Gasteiger partial charge in [-0.25, -0.2) is 0 Å². The maximum Gasteiger partial charge on any atom is 0.312 e. The van der Waals surface area contributed by atoms with Crippen LogP contribution in [0.1, 0.15) is 76.6 Å². The van der Waals surface area contributed by atoms with E-state index in [1.54, 1.807) is 0 Å². The predicted octanol–water partition coefficient (Wildman–Crippen LogP) is 6.02. The highest BCUT2D eigenvalue weighted by molar-refractivity contribution is 5.81. The monoisotopic (exact) mass is 462 g/mol. The van der Waals surface area contributed by atoms with E-state index >= 15 is 0 Å². The van der Waals surface area contributed by atoms with Crippen molar-refractivity contribution >= 4 is 11.9 Å². The average Bonchev–Trinajstić information content (AvgIpc) is 3.27. The smallest absolute Gasteiger partial charge is 0.312 e. The van der Waals surface area contributed by atoms with E-state index < -0.39 is 22.0 Å². The fourth-order valence-electron chi connectivity index (χ4n) is 5.78. The van der Waals surface area contributed by atoms with E-state index in [0.29, 0.717) is 12.8 Å². The third-order valence-corrected chi connectivity index (χ3v) is 7.83. The Bertz CT molecular complexity index is 1050. The van der Waals surface area contributed by atoms with Gasteiger partial charge in [0.15, 0.2) is 0 Å². The summed E-state index contributed by atoms with van der Waals surface area (Å²) in [6.07, 6.45) is 3.85. The number of hydrogen-bond acceptors (Lipinski definition) is 4. The molecule has 4 rings (SSSR count). The molecule has 4 nitrogen and oxygen atoms in total. The molecule has 0 fully saturated rings. The summed E-state index contributed by atoms with van der Waals surface area (Å²) in [7, 11) is 0. The zero-order valence-corrected chi connectivity index (χ0v) is 21.5. The molecule has 0 spiro atoms. The largest absolute Gasteiger partial charge is 0.458 e. The van der Waals surface area contributed by atoms with Crippen molar-refractivity contribution in [3.8, 4) is 0 Å². The number of carbonyl (C=O) groups excluding carboxylic acids is 2. The number of esters is 2. The van der Waals surface area contributed by atoms with Gasteiger partial charge in [0.1, 0.15) is 11.2 Å². The summed E-state index contributed by atoms with van der Waals surface area (Å²) in [6.45, 7) is 11.7. The first-order chi connectivity index (χ1) is 15.9. The van der Waals surface area contributed by atoms with E-state index in [1.807, 2.05) is 65.8 Å². The zero-order chi connectivity index (χ0) is 24.8. The Balaban J connectivity index is 1.42. The van der Waals surface area contributed by atoms with Gasteiger partial charge in [-0.15, -0.1) is 0 Å². The minimum atomic E-state index is -0.818. The molecule has 0 saturated carbocycles. The van der Waals surface area contributed by atoms with Crippen LogP contribution in [0.5, 0.6) is 0 Å². The summed E-state index contributed by atoms with van der Waals surface area (Å²) in [5.74, 6) is -0.486. The summed E-state index contributed by atoms with van der Waals surface area (Å²) in [5, 5.41) is 0. The molecule has 0 saturated heterocycles. The fraction of sp³-hybridized carbons (Fsp3) is 0.533. The zero-order valence-electron chi connectivity index (χ0n) is 21.5. The van der Waals surface area contributed by atoms with Crippen LogP contribution in [-0.4, -0.2) is 23.1 Å². The van der Waals surface area contributed by atoms with Crippen molar-refractivity contribution in [3.05, 3.63) is 70.8 Å². The predicted molar refractivity (Wildman–Crippen MR) is 133 cm³/mol. The molecule has 0 N–H and O–H groups in total. The van der Waals surface area contributed by atoms with Gasteiger partial charge < -0.3 is 9.47 Å². The molecule has 2 aliphatic carbocycles. The lowest BCUT2D eigenvalue weighted by Crippen LogP contribution is -2.44. The van der Waals surface area contributed by atoms with Crippen LogP contribution in [0, 0.1) is 10.8 Å². The summed E-state index contributed by atoms with van der Waals surface area (Å²) < 4.78 is 12.3. The topological polar surface area (TPSA) is 52.6 Å². The first-order valence-corrected chi connectivity index (χ1v) is 12.5. The standard InChI is InChI=1S/C30H38O4/c1-7-28(4,26(32)34-30(6)18-23-14-10-11-15-24(23)19-30)20-27(2,3)25(31)33-29(5)16-21-12-8-9-13-22(21)17-29/h8-15H,7,16-20H2,1-6H3. The molecule has 0 aliphatic heterocycles. The van der Waals surface area contributed by atoms with Crippen LogP contribution < -0.4 is 0 Å². The highest BCUT2D eigenvalue weighted by Gasteiger charge is 2.48. The number of benzene rings is 2. The van der Waals surface area contributed by atoms with Gasteiger partial charge >= 0.3 is 11.9 Å². The molecule has 2 aliphatic rings. The molecule has 4 heteroatoms. The molecule has 2 aromatic carbocycles. The summed E-state index contributed by atoms with van der Waals surface area (Å²) in [5.41, 5.74) is 2.26. The van der Waals surface area contributed by atoms with Crippen molar-refractivity contribution in [2.45, 2.75) is 91.3 Å². The Kier molecular flexibility index (Phi) is 6.16. The van der Waals surface area contributed by atoms with Crippen molar-refractivity contribution in [1.82, 2.24) is 0 Å². The summed E-state index contributed by atoms with van der Waals surface area (Å²) in [6, 6.07) is 16.5. The van der Waals surface area contributed by atoms with Crippen molar-refractivity contribution in [3.63, 3.8) is 0 Å². The normalized spacial score (nSPS) is 19.6. The lowest BCUT2D eigenvalue weighted by molar-refractivity contribution is -0.177. The molecule has 2 aromatic rings. The number of hydrogen-bond donors (Lipinski definition) is 0. The van der Waals surface area contributed by atoms with Crippen LogP contribution >= 0.6 is 0 Å². The summed E-state index contributed by atoms with van der Waals surface area (Å²) >= 11 is 0. The van der Waals surface area contributed by atoms with E-state index in [0.717, 1.165) is 25.7 Å². The molecule has 182 valence electrons. The first-order valence-electron chi connectivity index (χ1n) is 12.5. The van der Waals surface area contributed by atoms with E-state index in [-0.39, 0.29) is 11.9 Å². The average molecular weight is 463 g/mol. The van der Waals surface area contributed by atoms with Gasteiger partial charge in [-0.05, 0) is 69.7 Å². The number of ether oxygens (including phenoxy) is 2. The maximum absolute atomic E-state index is 13.5. The van der Waals surface area contributed by atoms with Crippen molar-refractivity contribution in [2.24, 2.45) is 10.8 Å². The Hall–Kier alpha value is -2.62. The van der Waals surface area contributed by atoms with Gasteiger partial charge in [0.25, 0.3) is 0 Å². The lowest BCUT2D eigenvalue weighted by atomic mass is 9.72. The molecule has 1 unspecified atom stereocenters. The first kappa shape index (κ1) is 24.5. The Labute approximate surface area is 204 Å². The van der Waals surface area contributed by atoms with Crippen molar-refractivity contribution in [1.29, 1.82) is 0 Å². The summed E-state index contributed by atoms with van der Waals surface area (Å²) in [4.78, 5) is 26.9. The van der Waals surface area contributed by atoms with Crippen LogP contribution in [0.25, 0.3) is 0 Å². The van der Waals surface area contributed by atoms with E-state index in [2.05, 4.69) is 24.3 Å². The number of rotatable bonds is 7. The Morgan fingerprint density at radius 3 is 1.44 bits per heavy atom. The van der Waals surface area contributed by atoms with Crippen LogP contribution in [0.4, 0.5) is 0 Å². The van der Waals surface area contributed by atoms with Crippen LogP contribution in [-0.2, 0) is 44.7 Å². The minimum absolute atomic E-state index is 0.231. The molecule has 0 bridgehead atoms. The minimum Gasteiger partial charge on any atom is -0.458 e. The molecule has 0 amide bonds. The van der Waals surface area contributed by atoms with Gasteiger partial charge in [-0.2, -0.15) is 0 Å². The van der Waals surface area contributed by atoms with E-state index in [4.69, 9.17) is 9.47 Å². The van der Waals surface area contributed by atoms with E-state index in [1.165, 1.54) is 22.3 Å². The molecular weight excluding hydrogens is 424 g/mol. The Morgan fingerprint density at radius 2 is 1.09 bits per heavy atom. The second-order valence-corrected chi connectivity index (χ2v) is 11.9. The SMILES string of the molecule is CCC(C)(CC(C)(C)C(=O)OC1(C)Cc2ccccc2C1)C(=O)OC1(C)Cc2ccccc2C1.